The molecule has 1 saturated heterocycles. The van der Waals surface area contributed by atoms with E-state index in [1.807, 2.05) is 13.8 Å². The Hall–Kier alpha value is -1.46. The molecular formula is C14H20FN3O. The van der Waals surface area contributed by atoms with Crippen LogP contribution in [0.25, 0.3) is 0 Å². The minimum Gasteiger partial charge on any atom is -0.322 e. The first-order valence-electron chi connectivity index (χ1n) is 6.59. The highest BCUT2D eigenvalue weighted by atomic mass is 19.1. The molecule has 0 spiro atoms. The molecule has 1 unspecified atom stereocenters. The van der Waals surface area contributed by atoms with E-state index in [0.29, 0.717) is 0 Å². The van der Waals surface area contributed by atoms with Gasteiger partial charge in [0.1, 0.15) is 5.82 Å². The number of aryl methyl sites for hydroxylation is 1. The van der Waals surface area contributed by atoms with Crippen LogP contribution in [0.1, 0.15) is 12.5 Å². The highest BCUT2D eigenvalue weighted by Gasteiger charge is 2.23. The maximum atomic E-state index is 13.7. The van der Waals surface area contributed by atoms with Crippen LogP contribution in [0.4, 0.5) is 10.1 Å². The number of carbonyl (C=O) groups excluding carboxylic acids is 1. The second kappa shape index (κ2) is 6.12. The fraction of sp³-hybridized carbons (Fsp3) is 0.500. The van der Waals surface area contributed by atoms with Crippen LogP contribution in [-0.4, -0.2) is 43.0 Å². The van der Waals surface area contributed by atoms with Gasteiger partial charge in [0.15, 0.2) is 0 Å². The Morgan fingerprint density at radius 1 is 1.42 bits per heavy atom. The van der Waals surface area contributed by atoms with Crippen molar-refractivity contribution in [3.8, 4) is 0 Å². The first kappa shape index (κ1) is 14.0. The molecule has 104 valence electrons. The molecular weight excluding hydrogens is 245 g/mol. The van der Waals surface area contributed by atoms with Gasteiger partial charge in [-0.25, -0.2) is 4.39 Å². The molecule has 0 bridgehead atoms. The maximum absolute atomic E-state index is 13.7. The molecule has 1 heterocycles. The van der Waals surface area contributed by atoms with E-state index in [1.54, 1.807) is 12.1 Å². The van der Waals surface area contributed by atoms with Crippen LogP contribution in [0.3, 0.4) is 0 Å². The zero-order chi connectivity index (χ0) is 13.8. The van der Waals surface area contributed by atoms with Crippen molar-refractivity contribution in [1.82, 2.24) is 10.2 Å². The standard InChI is InChI=1S/C14H20FN3O/c1-10-3-4-13(12(15)9-10)17-14(19)11(2)18-7-5-16-6-8-18/h3-4,9,11,16H,5-8H2,1-2H3,(H,17,19). The van der Waals surface area contributed by atoms with Crippen molar-refractivity contribution in [3.63, 3.8) is 0 Å². The van der Waals surface area contributed by atoms with Gasteiger partial charge in [-0.1, -0.05) is 6.07 Å². The number of hydrogen-bond acceptors (Lipinski definition) is 3. The molecule has 1 aromatic carbocycles. The van der Waals surface area contributed by atoms with Gasteiger partial charge in [0.25, 0.3) is 0 Å². The van der Waals surface area contributed by atoms with Crippen molar-refractivity contribution in [1.29, 1.82) is 0 Å². The molecule has 0 aromatic heterocycles. The Morgan fingerprint density at radius 3 is 2.74 bits per heavy atom. The van der Waals surface area contributed by atoms with E-state index in [2.05, 4.69) is 15.5 Å². The SMILES string of the molecule is Cc1ccc(NC(=O)C(C)N2CCNCC2)c(F)c1. The number of carbonyl (C=O) groups is 1. The quantitative estimate of drug-likeness (QED) is 0.867. The largest absolute Gasteiger partial charge is 0.322 e. The van der Waals surface area contributed by atoms with Gasteiger partial charge in [0.2, 0.25) is 5.91 Å². The van der Waals surface area contributed by atoms with Crippen LogP contribution in [0, 0.1) is 12.7 Å². The zero-order valence-electron chi connectivity index (χ0n) is 11.4. The van der Waals surface area contributed by atoms with E-state index in [4.69, 9.17) is 0 Å². The maximum Gasteiger partial charge on any atom is 0.241 e. The number of rotatable bonds is 3. The van der Waals surface area contributed by atoms with Gasteiger partial charge >= 0.3 is 0 Å². The molecule has 1 atom stereocenters. The molecule has 2 N–H and O–H groups in total. The first-order chi connectivity index (χ1) is 9.08. The lowest BCUT2D eigenvalue weighted by molar-refractivity contribution is -0.121. The summed E-state index contributed by atoms with van der Waals surface area (Å²) in [5.74, 6) is -0.550. The topological polar surface area (TPSA) is 44.4 Å². The summed E-state index contributed by atoms with van der Waals surface area (Å²) in [5.41, 5.74) is 1.09. The van der Waals surface area contributed by atoms with Gasteiger partial charge in [-0.05, 0) is 31.5 Å². The summed E-state index contributed by atoms with van der Waals surface area (Å²) < 4.78 is 13.7. The van der Waals surface area contributed by atoms with E-state index in [1.165, 1.54) is 6.07 Å². The van der Waals surface area contributed by atoms with Crippen molar-refractivity contribution < 1.29 is 9.18 Å². The second-order valence-electron chi connectivity index (χ2n) is 4.93. The number of hydrogen-bond donors (Lipinski definition) is 2. The molecule has 0 radical (unpaired) electrons. The summed E-state index contributed by atoms with van der Waals surface area (Å²) in [5, 5.41) is 5.90. The summed E-state index contributed by atoms with van der Waals surface area (Å²) in [7, 11) is 0. The van der Waals surface area contributed by atoms with Gasteiger partial charge in [0.05, 0.1) is 11.7 Å². The number of nitrogens with zero attached hydrogens (tertiary/aromatic N) is 1. The van der Waals surface area contributed by atoms with Crippen LogP contribution in [0.5, 0.6) is 0 Å². The number of nitrogens with one attached hydrogen (secondary N) is 2. The lowest BCUT2D eigenvalue weighted by Gasteiger charge is -2.31. The molecule has 19 heavy (non-hydrogen) atoms. The summed E-state index contributed by atoms with van der Waals surface area (Å²) in [4.78, 5) is 14.2. The van der Waals surface area contributed by atoms with Gasteiger partial charge in [-0.15, -0.1) is 0 Å². The Balaban J connectivity index is 1.99. The fourth-order valence-corrected chi connectivity index (χ4v) is 2.19. The van der Waals surface area contributed by atoms with E-state index < -0.39 is 0 Å². The molecule has 1 aliphatic heterocycles. The fourth-order valence-electron chi connectivity index (χ4n) is 2.19. The third-order valence-corrected chi connectivity index (χ3v) is 3.46. The van der Waals surface area contributed by atoms with Crippen LogP contribution in [0.2, 0.25) is 0 Å². The molecule has 1 amide bonds. The monoisotopic (exact) mass is 265 g/mol. The van der Waals surface area contributed by atoms with Crippen molar-refractivity contribution in [2.75, 3.05) is 31.5 Å². The van der Waals surface area contributed by atoms with E-state index >= 15 is 0 Å². The first-order valence-corrected chi connectivity index (χ1v) is 6.59. The number of anilines is 1. The van der Waals surface area contributed by atoms with Crippen molar-refractivity contribution in [3.05, 3.63) is 29.6 Å². The third-order valence-electron chi connectivity index (χ3n) is 3.46. The number of benzene rings is 1. The summed E-state index contributed by atoms with van der Waals surface area (Å²) in [6.07, 6.45) is 0. The lowest BCUT2D eigenvalue weighted by atomic mass is 10.2. The predicted molar refractivity (Wildman–Crippen MR) is 73.7 cm³/mol. The Kier molecular flexibility index (Phi) is 4.50. The normalized spacial score (nSPS) is 18.1. The molecule has 5 heteroatoms. The average molecular weight is 265 g/mol. The van der Waals surface area contributed by atoms with Crippen LogP contribution < -0.4 is 10.6 Å². The summed E-state index contributed by atoms with van der Waals surface area (Å²) >= 11 is 0. The highest BCUT2D eigenvalue weighted by molar-refractivity contribution is 5.94. The lowest BCUT2D eigenvalue weighted by Crippen LogP contribution is -2.51. The Labute approximate surface area is 113 Å². The van der Waals surface area contributed by atoms with E-state index in [0.717, 1.165) is 31.7 Å². The minimum absolute atomic E-state index is 0.162. The third kappa shape index (κ3) is 3.52. The van der Waals surface area contributed by atoms with Gasteiger partial charge in [0, 0.05) is 26.2 Å². The van der Waals surface area contributed by atoms with Crippen molar-refractivity contribution in [2.45, 2.75) is 19.9 Å². The second-order valence-corrected chi connectivity index (χ2v) is 4.93. The van der Waals surface area contributed by atoms with Gasteiger partial charge < -0.3 is 10.6 Å². The Morgan fingerprint density at radius 2 is 2.11 bits per heavy atom. The molecule has 1 aliphatic rings. The summed E-state index contributed by atoms with van der Waals surface area (Å²) in [6.45, 7) is 7.12. The smallest absolute Gasteiger partial charge is 0.241 e. The molecule has 4 nitrogen and oxygen atoms in total. The number of amides is 1. The molecule has 2 rings (SSSR count). The average Bonchev–Trinajstić information content (AvgIpc) is 2.42. The van der Waals surface area contributed by atoms with Gasteiger partial charge in [-0.2, -0.15) is 0 Å². The zero-order valence-corrected chi connectivity index (χ0v) is 11.4. The minimum atomic E-state index is -0.388. The van der Waals surface area contributed by atoms with Gasteiger partial charge in [-0.3, -0.25) is 9.69 Å². The highest BCUT2D eigenvalue weighted by Crippen LogP contribution is 2.16. The summed E-state index contributed by atoms with van der Waals surface area (Å²) in [6, 6.07) is 4.56. The predicted octanol–water partition coefficient (Wildman–Crippen LogP) is 1.37. The number of piperazine rings is 1. The van der Waals surface area contributed by atoms with Crippen molar-refractivity contribution in [2.24, 2.45) is 0 Å². The van der Waals surface area contributed by atoms with Crippen LogP contribution in [0.15, 0.2) is 18.2 Å². The molecule has 0 aliphatic carbocycles. The van der Waals surface area contributed by atoms with Crippen molar-refractivity contribution >= 4 is 11.6 Å². The van der Waals surface area contributed by atoms with E-state index in [-0.39, 0.29) is 23.5 Å². The van der Waals surface area contributed by atoms with E-state index in [9.17, 15) is 9.18 Å². The van der Waals surface area contributed by atoms with Crippen LogP contribution >= 0.6 is 0 Å². The number of halogens is 1. The molecule has 1 fully saturated rings. The van der Waals surface area contributed by atoms with Crippen LogP contribution in [-0.2, 0) is 4.79 Å². The molecule has 0 saturated carbocycles. The molecule has 1 aromatic rings. The Bertz CT molecular complexity index is 458.